The Bertz CT molecular complexity index is 866. The molecule has 1 fully saturated rings. The maximum Gasteiger partial charge on any atom is 0.231 e. The van der Waals surface area contributed by atoms with Crippen molar-refractivity contribution in [2.24, 2.45) is 11.7 Å². The maximum atomic E-state index is 13.6. The first-order chi connectivity index (χ1) is 12.2. The minimum atomic E-state index is -0.523. The van der Waals surface area contributed by atoms with Crippen molar-refractivity contribution >= 4 is 5.78 Å². The highest BCUT2D eigenvalue weighted by Crippen LogP contribution is 2.58. The van der Waals surface area contributed by atoms with Gasteiger partial charge in [-0.25, -0.2) is 0 Å². The van der Waals surface area contributed by atoms with Crippen LogP contribution in [0.2, 0.25) is 0 Å². The van der Waals surface area contributed by atoms with Crippen LogP contribution in [0.25, 0.3) is 0 Å². The lowest BCUT2D eigenvalue weighted by Crippen LogP contribution is -2.34. The number of benzene rings is 2. The Labute approximate surface area is 146 Å². The van der Waals surface area contributed by atoms with E-state index in [-0.39, 0.29) is 24.5 Å². The lowest BCUT2D eigenvalue weighted by molar-refractivity contribution is -0.123. The Morgan fingerprint density at radius 3 is 2.88 bits per heavy atom. The number of hydrogen-bond donors (Lipinski definition) is 2. The molecule has 3 atom stereocenters. The Morgan fingerprint density at radius 1 is 1.20 bits per heavy atom. The monoisotopic (exact) mass is 336 g/mol. The van der Waals surface area contributed by atoms with Gasteiger partial charge in [-0.15, -0.1) is 0 Å². The third-order valence-electron chi connectivity index (χ3n) is 5.84. The van der Waals surface area contributed by atoms with Crippen LogP contribution in [0.5, 0.6) is 11.5 Å². The highest BCUT2D eigenvalue weighted by molar-refractivity contribution is 5.99. The summed E-state index contributed by atoms with van der Waals surface area (Å²) >= 11 is 0. The summed E-state index contributed by atoms with van der Waals surface area (Å²) in [4.78, 5) is 13.6. The Hall–Kier alpha value is -2.37. The highest BCUT2D eigenvalue weighted by atomic mass is 16.7. The Kier molecular flexibility index (Phi) is 3.17. The molecular formula is C20H20N2O3. The molecule has 25 heavy (non-hydrogen) atoms. The number of ketones is 1. The summed E-state index contributed by atoms with van der Waals surface area (Å²) in [6, 6.07) is 13.7. The van der Waals surface area contributed by atoms with Crippen molar-refractivity contribution in [1.29, 1.82) is 0 Å². The van der Waals surface area contributed by atoms with Gasteiger partial charge in [0.05, 0.1) is 11.5 Å². The molecule has 1 aliphatic carbocycles. The second-order valence-electron chi connectivity index (χ2n) is 7.05. The van der Waals surface area contributed by atoms with Crippen molar-refractivity contribution in [1.82, 2.24) is 5.32 Å². The van der Waals surface area contributed by atoms with Gasteiger partial charge in [-0.1, -0.05) is 30.3 Å². The third-order valence-corrected chi connectivity index (χ3v) is 5.84. The molecule has 5 heteroatoms. The number of ether oxygens (including phenoxy) is 2. The van der Waals surface area contributed by atoms with Gasteiger partial charge < -0.3 is 15.2 Å². The SMILES string of the molecule is NC[C@@H]1C[C@@]1(C(=O)C1NCc2ccccc21)c1ccc2c(c1)OCO2. The van der Waals surface area contributed by atoms with E-state index in [0.29, 0.717) is 12.3 Å². The number of rotatable bonds is 4. The van der Waals surface area contributed by atoms with Crippen molar-refractivity contribution < 1.29 is 14.3 Å². The van der Waals surface area contributed by atoms with Crippen LogP contribution < -0.4 is 20.5 Å². The van der Waals surface area contributed by atoms with Gasteiger partial charge in [0, 0.05) is 6.54 Å². The van der Waals surface area contributed by atoms with E-state index in [0.717, 1.165) is 29.8 Å². The lowest BCUT2D eigenvalue weighted by Gasteiger charge is -2.22. The van der Waals surface area contributed by atoms with Gasteiger partial charge >= 0.3 is 0 Å². The summed E-state index contributed by atoms with van der Waals surface area (Å²) in [6.07, 6.45) is 0.794. The molecule has 1 unspecified atom stereocenters. The highest BCUT2D eigenvalue weighted by Gasteiger charge is 2.62. The van der Waals surface area contributed by atoms with Crippen LogP contribution in [0.4, 0.5) is 0 Å². The predicted octanol–water partition coefficient (Wildman–Crippen LogP) is 2.05. The molecule has 0 amide bonds. The topological polar surface area (TPSA) is 73.6 Å². The second kappa shape index (κ2) is 5.31. The van der Waals surface area contributed by atoms with Gasteiger partial charge in [-0.05, 0) is 47.7 Å². The van der Waals surface area contributed by atoms with Gasteiger partial charge in [0.15, 0.2) is 17.3 Å². The van der Waals surface area contributed by atoms with Crippen molar-refractivity contribution in [3.63, 3.8) is 0 Å². The standard InChI is InChI=1S/C20H20N2O3/c21-9-14-8-20(14,13-5-6-16-17(7-13)25-11-24-16)19(23)18-15-4-2-1-3-12(15)10-22-18/h1-7,14,18,22H,8-11,21H2/t14-,18?,20+/m0/s1. The van der Waals surface area contributed by atoms with Gasteiger partial charge in [0.1, 0.15) is 0 Å². The summed E-state index contributed by atoms with van der Waals surface area (Å²) < 4.78 is 10.9. The van der Waals surface area contributed by atoms with Crippen LogP contribution in [-0.4, -0.2) is 19.1 Å². The van der Waals surface area contributed by atoms with Crippen molar-refractivity contribution in [3.8, 4) is 11.5 Å². The molecule has 0 spiro atoms. The van der Waals surface area contributed by atoms with E-state index in [1.807, 2.05) is 36.4 Å². The first-order valence-electron chi connectivity index (χ1n) is 8.70. The molecule has 5 nitrogen and oxygen atoms in total. The number of Topliss-reactive ketones (excluding diaryl/α,β-unsaturated/α-hetero) is 1. The largest absolute Gasteiger partial charge is 0.454 e. The zero-order valence-corrected chi connectivity index (χ0v) is 13.8. The third kappa shape index (κ3) is 2.06. The summed E-state index contributed by atoms with van der Waals surface area (Å²) in [5, 5.41) is 3.39. The molecule has 3 aliphatic rings. The fourth-order valence-electron chi connectivity index (χ4n) is 4.38. The molecule has 0 saturated heterocycles. The van der Waals surface area contributed by atoms with Crippen LogP contribution in [0.1, 0.15) is 29.2 Å². The molecule has 0 bridgehead atoms. The van der Waals surface area contributed by atoms with E-state index in [9.17, 15) is 4.79 Å². The average molecular weight is 336 g/mol. The molecular weight excluding hydrogens is 316 g/mol. The van der Waals surface area contributed by atoms with Gasteiger partial charge in [-0.3, -0.25) is 10.1 Å². The average Bonchev–Trinajstić information content (AvgIpc) is 3.00. The second-order valence-corrected chi connectivity index (χ2v) is 7.05. The number of fused-ring (bicyclic) bond motifs is 2. The molecule has 2 aromatic carbocycles. The van der Waals surface area contributed by atoms with E-state index in [1.165, 1.54) is 5.56 Å². The van der Waals surface area contributed by atoms with E-state index >= 15 is 0 Å². The summed E-state index contributed by atoms with van der Waals surface area (Å²) in [5.41, 5.74) is 8.72. The number of nitrogens with two attached hydrogens (primary N) is 1. The molecule has 2 heterocycles. The number of carbonyl (C=O) groups is 1. The van der Waals surface area contributed by atoms with Crippen LogP contribution in [-0.2, 0) is 16.8 Å². The van der Waals surface area contributed by atoms with Crippen molar-refractivity contribution in [2.75, 3.05) is 13.3 Å². The van der Waals surface area contributed by atoms with Gasteiger partial charge in [-0.2, -0.15) is 0 Å². The van der Waals surface area contributed by atoms with Gasteiger partial charge in [0.2, 0.25) is 6.79 Å². The molecule has 1 saturated carbocycles. The van der Waals surface area contributed by atoms with Crippen molar-refractivity contribution in [3.05, 3.63) is 59.2 Å². The summed E-state index contributed by atoms with van der Waals surface area (Å²) in [5.74, 6) is 1.84. The molecule has 5 rings (SSSR count). The normalized spacial score (nSPS) is 28.7. The molecule has 3 N–H and O–H groups in total. The molecule has 0 aromatic heterocycles. The number of nitrogens with one attached hydrogen (secondary N) is 1. The van der Waals surface area contributed by atoms with Gasteiger partial charge in [0.25, 0.3) is 0 Å². The predicted molar refractivity (Wildman–Crippen MR) is 92.4 cm³/mol. The van der Waals surface area contributed by atoms with Crippen molar-refractivity contribution in [2.45, 2.75) is 24.4 Å². The van der Waals surface area contributed by atoms with E-state index in [4.69, 9.17) is 15.2 Å². The molecule has 2 aromatic rings. The quantitative estimate of drug-likeness (QED) is 0.894. The first-order valence-corrected chi connectivity index (χ1v) is 8.70. The maximum absolute atomic E-state index is 13.6. The smallest absolute Gasteiger partial charge is 0.231 e. The minimum absolute atomic E-state index is 0.176. The van der Waals surface area contributed by atoms with E-state index in [2.05, 4.69) is 11.4 Å². The lowest BCUT2D eigenvalue weighted by atomic mass is 9.83. The molecule has 0 radical (unpaired) electrons. The summed E-state index contributed by atoms with van der Waals surface area (Å²) in [7, 11) is 0. The number of hydrogen-bond acceptors (Lipinski definition) is 5. The zero-order valence-electron chi connectivity index (χ0n) is 13.8. The minimum Gasteiger partial charge on any atom is -0.454 e. The Morgan fingerprint density at radius 2 is 2.04 bits per heavy atom. The first kappa shape index (κ1) is 14.9. The summed E-state index contributed by atoms with van der Waals surface area (Å²) in [6.45, 7) is 1.48. The van der Waals surface area contributed by atoms with Crippen LogP contribution >= 0.6 is 0 Å². The van der Waals surface area contributed by atoms with Crippen LogP contribution in [0.3, 0.4) is 0 Å². The molecule has 2 aliphatic heterocycles. The fraction of sp³-hybridized carbons (Fsp3) is 0.350. The van der Waals surface area contributed by atoms with E-state index in [1.54, 1.807) is 0 Å². The fourth-order valence-corrected chi connectivity index (χ4v) is 4.38. The number of carbonyl (C=O) groups excluding carboxylic acids is 1. The van der Waals surface area contributed by atoms with E-state index < -0.39 is 5.41 Å². The van der Waals surface area contributed by atoms with Crippen LogP contribution in [0.15, 0.2) is 42.5 Å². The molecule has 128 valence electrons. The Balaban J connectivity index is 1.54. The zero-order chi connectivity index (χ0) is 17.0. The van der Waals surface area contributed by atoms with Crippen LogP contribution in [0, 0.1) is 5.92 Å².